The van der Waals surface area contributed by atoms with E-state index < -0.39 is 19.9 Å². The first kappa shape index (κ1) is 12.4. The van der Waals surface area contributed by atoms with Gasteiger partial charge in [0.25, 0.3) is 0 Å². The van der Waals surface area contributed by atoms with Gasteiger partial charge in [0.2, 0.25) is 10.0 Å². The summed E-state index contributed by atoms with van der Waals surface area (Å²) in [6.07, 6.45) is 0.739. The molecule has 14 heavy (non-hydrogen) atoms. The fourth-order valence-corrected chi connectivity index (χ4v) is 3.99. The molecule has 1 heterocycles. The van der Waals surface area contributed by atoms with Crippen molar-refractivity contribution in [3.63, 3.8) is 0 Å². The van der Waals surface area contributed by atoms with Crippen molar-refractivity contribution < 1.29 is 16.8 Å². The van der Waals surface area contributed by atoms with Crippen LogP contribution in [0.25, 0.3) is 0 Å². The summed E-state index contributed by atoms with van der Waals surface area (Å²) in [6, 6.07) is -0.235. The average molecular weight is 306 g/mol. The Kier molecular flexibility index (Phi) is 3.95. The molecule has 1 saturated heterocycles. The lowest BCUT2D eigenvalue weighted by Crippen LogP contribution is -2.41. The van der Waals surface area contributed by atoms with Gasteiger partial charge in [0, 0.05) is 6.04 Å². The van der Waals surface area contributed by atoms with Crippen LogP contribution in [-0.4, -0.2) is 39.0 Å². The number of rotatable bonds is 3. The monoisotopic (exact) mass is 305 g/mol. The number of halogens is 1. The maximum absolute atomic E-state index is 11.1. The standard InChI is InChI=1S/C6H12BrNO4S2/c7-5-14(11,12)8-6-1-3-13(9,10)4-2-6/h6,8H,1-5H2. The van der Waals surface area contributed by atoms with E-state index in [9.17, 15) is 16.8 Å². The van der Waals surface area contributed by atoms with Gasteiger partial charge in [-0.1, -0.05) is 15.9 Å². The minimum atomic E-state index is -3.28. The van der Waals surface area contributed by atoms with E-state index in [-0.39, 0.29) is 22.2 Å². The zero-order valence-electron chi connectivity index (χ0n) is 7.44. The number of sulfonamides is 1. The van der Waals surface area contributed by atoms with E-state index in [1.807, 2.05) is 0 Å². The molecule has 0 atom stereocenters. The summed E-state index contributed by atoms with van der Waals surface area (Å²) in [6.45, 7) is 0. The van der Waals surface area contributed by atoms with Gasteiger partial charge in [0.15, 0.2) is 0 Å². The van der Waals surface area contributed by atoms with Crippen LogP contribution in [0.4, 0.5) is 0 Å². The molecule has 0 saturated carbocycles. The Morgan fingerprint density at radius 3 is 2.21 bits per heavy atom. The van der Waals surface area contributed by atoms with Crippen molar-refractivity contribution in [3.05, 3.63) is 0 Å². The lowest BCUT2D eigenvalue weighted by atomic mass is 10.2. The molecule has 1 aliphatic heterocycles. The molecule has 0 aromatic carbocycles. The van der Waals surface area contributed by atoms with Gasteiger partial charge in [0.05, 0.1) is 11.5 Å². The molecular formula is C6H12BrNO4S2. The number of hydrogen-bond acceptors (Lipinski definition) is 4. The van der Waals surface area contributed by atoms with Crippen molar-refractivity contribution in [2.75, 3.05) is 16.2 Å². The maximum atomic E-state index is 11.1. The summed E-state index contributed by atoms with van der Waals surface area (Å²) in [4.78, 5) is 0. The molecule has 0 radical (unpaired) electrons. The highest BCUT2D eigenvalue weighted by molar-refractivity contribution is 9.10. The summed E-state index contributed by atoms with van der Waals surface area (Å²) in [5.41, 5.74) is 0. The largest absolute Gasteiger partial charge is 0.229 e. The highest BCUT2D eigenvalue weighted by Crippen LogP contribution is 2.13. The van der Waals surface area contributed by atoms with Gasteiger partial charge in [-0.2, -0.15) is 0 Å². The molecule has 0 aliphatic carbocycles. The van der Waals surface area contributed by atoms with Crippen LogP contribution in [0.2, 0.25) is 0 Å². The Bertz CT molecular complexity index is 374. The number of hydrogen-bond donors (Lipinski definition) is 1. The van der Waals surface area contributed by atoms with Gasteiger partial charge in [-0.3, -0.25) is 0 Å². The van der Waals surface area contributed by atoms with Crippen molar-refractivity contribution in [3.8, 4) is 0 Å². The summed E-state index contributed by atoms with van der Waals surface area (Å²) in [5.74, 6) is 0.144. The van der Waals surface area contributed by atoms with Crippen LogP contribution >= 0.6 is 15.9 Å². The summed E-state index contributed by atoms with van der Waals surface area (Å²) in [7, 11) is -6.21. The van der Waals surface area contributed by atoms with Crippen molar-refractivity contribution >= 4 is 35.8 Å². The molecule has 5 nitrogen and oxygen atoms in total. The Labute approximate surface area is 92.4 Å². The van der Waals surface area contributed by atoms with Crippen LogP contribution < -0.4 is 4.72 Å². The van der Waals surface area contributed by atoms with Gasteiger partial charge < -0.3 is 0 Å². The van der Waals surface area contributed by atoms with E-state index >= 15 is 0 Å². The second-order valence-electron chi connectivity index (χ2n) is 3.27. The van der Waals surface area contributed by atoms with Crippen molar-refractivity contribution in [2.45, 2.75) is 18.9 Å². The molecule has 8 heteroatoms. The first-order chi connectivity index (χ1) is 6.35. The highest BCUT2D eigenvalue weighted by atomic mass is 79.9. The van der Waals surface area contributed by atoms with Crippen LogP contribution in [0.3, 0.4) is 0 Å². The van der Waals surface area contributed by atoms with Gasteiger partial charge in [-0.05, 0) is 12.8 Å². The molecule has 1 aliphatic rings. The molecule has 1 N–H and O–H groups in total. The Hall–Kier alpha value is 0.340. The summed E-state index contributed by atoms with van der Waals surface area (Å²) >= 11 is 2.85. The SMILES string of the molecule is O=S1(=O)CCC(NS(=O)(=O)CBr)CC1. The van der Waals surface area contributed by atoms with Crippen molar-refractivity contribution in [2.24, 2.45) is 0 Å². The van der Waals surface area contributed by atoms with E-state index in [4.69, 9.17) is 0 Å². The van der Waals surface area contributed by atoms with E-state index in [1.54, 1.807) is 0 Å². The third kappa shape index (κ3) is 3.84. The third-order valence-corrected chi connectivity index (χ3v) is 6.55. The lowest BCUT2D eigenvalue weighted by molar-refractivity contribution is 0.507. The van der Waals surface area contributed by atoms with E-state index in [1.165, 1.54) is 0 Å². The molecular weight excluding hydrogens is 294 g/mol. The van der Waals surface area contributed by atoms with Gasteiger partial charge in [-0.15, -0.1) is 0 Å². The molecule has 0 unspecified atom stereocenters. The molecule has 0 bridgehead atoms. The first-order valence-electron chi connectivity index (χ1n) is 4.11. The van der Waals surface area contributed by atoms with Gasteiger partial charge in [0.1, 0.15) is 14.5 Å². The molecule has 0 aromatic rings. The summed E-state index contributed by atoms with van der Waals surface area (Å²) < 4.78 is 46.6. The fourth-order valence-electron chi connectivity index (χ4n) is 1.29. The molecule has 0 spiro atoms. The number of sulfone groups is 1. The third-order valence-electron chi connectivity index (χ3n) is 2.04. The molecule has 1 fully saturated rings. The normalized spacial score (nSPS) is 23.5. The Morgan fingerprint density at radius 1 is 1.29 bits per heavy atom. The fraction of sp³-hybridized carbons (Fsp3) is 1.00. The second kappa shape index (κ2) is 4.46. The van der Waals surface area contributed by atoms with Crippen molar-refractivity contribution in [1.82, 2.24) is 4.72 Å². The van der Waals surface area contributed by atoms with Crippen LogP contribution in [0.1, 0.15) is 12.8 Å². The quantitative estimate of drug-likeness (QED) is 0.735. The minimum absolute atomic E-state index is 0.0719. The average Bonchev–Trinajstić information content (AvgIpc) is 2.09. The van der Waals surface area contributed by atoms with Crippen LogP contribution in [0, 0.1) is 0 Å². The number of alkyl halides is 1. The van der Waals surface area contributed by atoms with E-state index in [0.29, 0.717) is 12.8 Å². The first-order valence-corrected chi connectivity index (χ1v) is 8.70. The zero-order valence-corrected chi connectivity index (χ0v) is 10.7. The predicted octanol–water partition coefficient (Wildman–Crippen LogP) is -0.165. The van der Waals surface area contributed by atoms with E-state index in [0.717, 1.165) is 0 Å². The maximum Gasteiger partial charge on any atom is 0.221 e. The predicted molar refractivity (Wildman–Crippen MR) is 57.5 cm³/mol. The Balaban J connectivity index is 2.52. The van der Waals surface area contributed by atoms with Crippen LogP contribution in [0.5, 0.6) is 0 Å². The van der Waals surface area contributed by atoms with Crippen LogP contribution in [0.15, 0.2) is 0 Å². The topological polar surface area (TPSA) is 80.3 Å². The zero-order chi connectivity index (χ0) is 10.8. The highest BCUT2D eigenvalue weighted by Gasteiger charge is 2.26. The molecule has 84 valence electrons. The number of nitrogens with one attached hydrogen (secondary N) is 1. The summed E-state index contributed by atoms with van der Waals surface area (Å²) in [5, 5.41) is 0. The van der Waals surface area contributed by atoms with Crippen molar-refractivity contribution in [1.29, 1.82) is 0 Å². The minimum Gasteiger partial charge on any atom is -0.229 e. The molecule has 0 aromatic heterocycles. The smallest absolute Gasteiger partial charge is 0.221 e. The van der Waals surface area contributed by atoms with Gasteiger partial charge in [-0.25, -0.2) is 21.6 Å². The van der Waals surface area contributed by atoms with Crippen LogP contribution in [-0.2, 0) is 19.9 Å². The Morgan fingerprint density at radius 2 is 1.79 bits per heavy atom. The van der Waals surface area contributed by atoms with Gasteiger partial charge >= 0.3 is 0 Å². The second-order valence-corrected chi connectivity index (χ2v) is 8.63. The molecule has 0 amide bonds. The van der Waals surface area contributed by atoms with E-state index in [2.05, 4.69) is 20.7 Å². The molecule has 1 rings (SSSR count). The lowest BCUT2D eigenvalue weighted by Gasteiger charge is -2.22.